The highest BCUT2D eigenvalue weighted by molar-refractivity contribution is 6.91. The Kier molecular flexibility index (Phi) is 8.83. The molecule has 0 saturated heterocycles. The third kappa shape index (κ3) is 7.96. The molecule has 0 aliphatic rings. The van der Waals surface area contributed by atoms with Gasteiger partial charge in [0.25, 0.3) is 0 Å². The van der Waals surface area contributed by atoms with E-state index in [2.05, 4.69) is 145 Å². The lowest BCUT2D eigenvalue weighted by molar-refractivity contribution is 1.58. The SMILES string of the molecule is C[Si](C)(C#Cc1ccccc1)C=C(C(=C[Si](C)(C)C#Cc1ccccc1)c1ccccc1)c1ccccc1. The largest absolute Gasteiger partial charge is 0.156 e. The van der Waals surface area contributed by atoms with Crippen LogP contribution < -0.4 is 0 Å². The zero-order chi connectivity index (χ0) is 26.8. The molecule has 0 unspecified atom stereocenters. The van der Waals surface area contributed by atoms with E-state index in [1.165, 1.54) is 22.3 Å². The van der Waals surface area contributed by atoms with Crippen LogP contribution in [0.3, 0.4) is 0 Å². The highest BCUT2D eigenvalue weighted by atomic mass is 28.3. The fraction of sp³-hybridized carbons (Fsp3) is 0.111. The Hall–Kier alpha value is -4.09. The molecule has 0 aliphatic carbocycles. The zero-order valence-corrected chi connectivity index (χ0v) is 24.7. The van der Waals surface area contributed by atoms with Crippen molar-refractivity contribution < 1.29 is 0 Å². The molecule has 38 heavy (non-hydrogen) atoms. The Morgan fingerprint density at radius 1 is 0.447 bits per heavy atom. The molecule has 0 saturated carbocycles. The van der Waals surface area contributed by atoms with Crippen LogP contribution in [0.1, 0.15) is 22.3 Å². The summed E-state index contributed by atoms with van der Waals surface area (Å²) in [6.45, 7) is 9.30. The van der Waals surface area contributed by atoms with Crippen LogP contribution in [0.4, 0.5) is 0 Å². The molecule has 0 N–H and O–H groups in total. The first kappa shape index (κ1) is 27.0. The first-order chi connectivity index (χ1) is 18.3. The van der Waals surface area contributed by atoms with Gasteiger partial charge < -0.3 is 0 Å². The zero-order valence-electron chi connectivity index (χ0n) is 22.7. The van der Waals surface area contributed by atoms with Crippen molar-refractivity contribution in [1.82, 2.24) is 0 Å². The minimum atomic E-state index is -2.06. The summed E-state index contributed by atoms with van der Waals surface area (Å²) < 4.78 is 0. The number of allylic oxidation sites excluding steroid dienone is 2. The number of hydrogen-bond donors (Lipinski definition) is 0. The minimum absolute atomic E-state index is 1.06. The third-order valence-corrected chi connectivity index (χ3v) is 9.64. The van der Waals surface area contributed by atoms with Gasteiger partial charge in [-0.15, -0.1) is 11.1 Å². The summed E-state index contributed by atoms with van der Waals surface area (Å²) in [5.41, 5.74) is 19.3. The van der Waals surface area contributed by atoms with E-state index in [9.17, 15) is 0 Å². The average molecular weight is 523 g/mol. The van der Waals surface area contributed by atoms with E-state index in [0.29, 0.717) is 0 Å². The Bertz CT molecular complexity index is 1400. The maximum Gasteiger partial charge on any atom is 0.156 e. The van der Waals surface area contributed by atoms with Gasteiger partial charge in [-0.05, 0) is 46.5 Å². The lowest BCUT2D eigenvalue weighted by Gasteiger charge is -2.21. The van der Waals surface area contributed by atoms with Gasteiger partial charge in [-0.3, -0.25) is 0 Å². The van der Waals surface area contributed by atoms with Gasteiger partial charge in [0.1, 0.15) is 0 Å². The van der Waals surface area contributed by atoms with Crippen molar-refractivity contribution in [2.75, 3.05) is 0 Å². The maximum absolute atomic E-state index is 3.66. The van der Waals surface area contributed by atoms with Gasteiger partial charge >= 0.3 is 0 Å². The molecule has 4 aromatic rings. The molecule has 0 fully saturated rings. The van der Waals surface area contributed by atoms with Crippen molar-refractivity contribution in [2.45, 2.75) is 26.2 Å². The van der Waals surface area contributed by atoms with Crippen molar-refractivity contribution in [3.8, 4) is 22.9 Å². The van der Waals surface area contributed by atoms with Crippen LogP contribution in [0.2, 0.25) is 26.2 Å². The molecule has 0 radical (unpaired) electrons. The number of hydrogen-bond acceptors (Lipinski definition) is 0. The highest BCUT2D eigenvalue weighted by Gasteiger charge is 2.23. The Labute approximate surface area is 230 Å². The van der Waals surface area contributed by atoms with E-state index in [0.717, 1.165) is 11.1 Å². The van der Waals surface area contributed by atoms with Crippen LogP contribution in [0, 0.1) is 22.9 Å². The van der Waals surface area contributed by atoms with E-state index in [1.54, 1.807) is 0 Å². The van der Waals surface area contributed by atoms with Crippen molar-refractivity contribution in [3.05, 3.63) is 155 Å². The van der Waals surface area contributed by atoms with E-state index in [4.69, 9.17) is 0 Å². The fourth-order valence-electron chi connectivity index (χ4n) is 4.17. The second kappa shape index (κ2) is 12.4. The van der Waals surface area contributed by atoms with Gasteiger partial charge in [0.05, 0.1) is 0 Å². The van der Waals surface area contributed by atoms with Crippen LogP contribution in [0.5, 0.6) is 0 Å². The Balaban J connectivity index is 1.87. The molecule has 0 aromatic heterocycles. The summed E-state index contributed by atoms with van der Waals surface area (Å²) in [7, 11) is -4.12. The molecule has 0 nitrogen and oxygen atoms in total. The fourth-order valence-corrected chi connectivity index (χ4v) is 7.34. The van der Waals surface area contributed by atoms with Gasteiger partial charge in [-0.1, -0.05) is 146 Å². The summed E-state index contributed by atoms with van der Waals surface area (Å²) >= 11 is 0. The van der Waals surface area contributed by atoms with E-state index < -0.39 is 16.1 Å². The van der Waals surface area contributed by atoms with Crippen LogP contribution in [-0.2, 0) is 0 Å². The second-order valence-corrected chi connectivity index (χ2v) is 18.5. The summed E-state index contributed by atoms with van der Waals surface area (Å²) in [5.74, 6) is 6.88. The molecular weight excluding hydrogens is 489 g/mol. The van der Waals surface area contributed by atoms with Gasteiger partial charge in [0, 0.05) is 11.1 Å². The summed E-state index contributed by atoms with van der Waals surface area (Å²) in [6.07, 6.45) is 0. The van der Waals surface area contributed by atoms with Crippen LogP contribution in [0.15, 0.2) is 133 Å². The lowest BCUT2D eigenvalue weighted by Crippen LogP contribution is -2.23. The van der Waals surface area contributed by atoms with Crippen molar-refractivity contribution in [1.29, 1.82) is 0 Å². The Morgan fingerprint density at radius 2 is 0.737 bits per heavy atom. The van der Waals surface area contributed by atoms with Crippen LogP contribution in [-0.4, -0.2) is 16.1 Å². The quantitative estimate of drug-likeness (QED) is 0.139. The molecule has 4 aromatic carbocycles. The molecule has 0 bridgehead atoms. The number of rotatable bonds is 5. The standard InChI is InChI=1S/C36H34Si2/c1-37(2,27-25-31-17-9-5-10-18-31)29-35(33-21-13-7-14-22-33)36(34-23-15-8-16-24-34)30-38(3,4)28-26-32-19-11-6-12-20-32/h5-24,29-30H,1-4H3. The van der Waals surface area contributed by atoms with Gasteiger partial charge in [-0.2, -0.15) is 0 Å². The molecule has 186 valence electrons. The summed E-state index contributed by atoms with van der Waals surface area (Å²) in [5, 5.41) is 0. The predicted molar refractivity (Wildman–Crippen MR) is 170 cm³/mol. The smallest absolute Gasteiger partial charge is 0.121 e. The van der Waals surface area contributed by atoms with Crippen LogP contribution in [0.25, 0.3) is 11.1 Å². The maximum atomic E-state index is 3.66. The highest BCUT2D eigenvalue weighted by Crippen LogP contribution is 2.34. The molecule has 0 spiro atoms. The first-order valence-electron chi connectivity index (χ1n) is 13.0. The molecule has 2 heteroatoms. The predicted octanol–water partition coefficient (Wildman–Crippen LogP) is 8.83. The van der Waals surface area contributed by atoms with Gasteiger partial charge in [0.2, 0.25) is 0 Å². The van der Waals surface area contributed by atoms with Gasteiger partial charge in [0.15, 0.2) is 16.1 Å². The first-order valence-corrected chi connectivity index (χ1v) is 19.2. The van der Waals surface area contributed by atoms with E-state index >= 15 is 0 Å². The molecule has 0 aliphatic heterocycles. The monoisotopic (exact) mass is 522 g/mol. The van der Waals surface area contributed by atoms with Crippen molar-refractivity contribution in [2.24, 2.45) is 0 Å². The molecule has 0 heterocycles. The number of benzene rings is 4. The average Bonchev–Trinajstić information content (AvgIpc) is 2.95. The molecular formula is C36H34Si2. The topological polar surface area (TPSA) is 0 Å². The van der Waals surface area contributed by atoms with Crippen LogP contribution >= 0.6 is 0 Å². The lowest BCUT2D eigenvalue weighted by atomic mass is 9.95. The molecule has 0 amide bonds. The van der Waals surface area contributed by atoms with Crippen molar-refractivity contribution in [3.63, 3.8) is 0 Å². The summed E-state index contributed by atoms with van der Waals surface area (Å²) in [6, 6.07) is 42.0. The van der Waals surface area contributed by atoms with E-state index in [-0.39, 0.29) is 0 Å². The van der Waals surface area contributed by atoms with Crippen molar-refractivity contribution >= 4 is 27.3 Å². The second-order valence-electron chi connectivity index (χ2n) is 10.5. The third-order valence-electron chi connectivity index (χ3n) is 6.08. The van der Waals surface area contributed by atoms with E-state index in [1.807, 2.05) is 36.4 Å². The minimum Gasteiger partial charge on any atom is -0.121 e. The molecule has 0 atom stereocenters. The molecule has 4 rings (SSSR count). The summed E-state index contributed by atoms with van der Waals surface area (Å²) in [4.78, 5) is 0. The normalized spacial score (nSPS) is 12.1. The Morgan fingerprint density at radius 3 is 1.05 bits per heavy atom. The van der Waals surface area contributed by atoms with Gasteiger partial charge in [-0.25, -0.2) is 0 Å².